The van der Waals surface area contributed by atoms with Crippen molar-refractivity contribution in [2.75, 3.05) is 16.7 Å². The molecule has 7 nitrogen and oxygen atoms in total. The summed E-state index contributed by atoms with van der Waals surface area (Å²) in [5.74, 6) is -2.09. The Morgan fingerprint density at radius 1 is 1.18 bits per heavy atom. The number of hydrogen-bond donors (Lipinski definition) is 1. The number of nitrogens with one attached hydrogen (secondary N) is 1. The average molecular weight is 474 g/mol. The van der Waals surface area contributed by atoms with Crippen molar-refractivity contribution >= 4 is 28.3 Å². The molecule has 1 unspecified atom stereocenters. The normalized spacial score (nSPS) is 11.5. The van der Waals surface area contributed by atoms with Crippen molar-refractivity contribution in [3.05, 3.63) is 82.6 Å². The van der Waals surface area contributed by atoms with Crippen LogP contribution in [0.1, 0.15) is 6.92 Å². The van der Waals surface area contributed by atoms with Crippen molar-refractivity contribution in [1.29, 1.82) is 0 Å². The fourth-order valence-electron chi connectivity index (χ4n) is 3.06. The average Bonchev–Trinajstić information content (AvgIpc) is 2.77. The Hall–Kier alpha value is -3.79. The third-order valence-electron chi connectivity index (χ3n) is 4.66. The molecule has 33 heavy (non-hydrogen) atoms. The smallest absolute Gasteiger partial charge is 0.274 e. The van der Waals surface area contributed by atoms with Gasteiger partial charge in [0.05, 0.1) is 5.69 Å². The van der Waals surface area contributed by atoms with Gasteiger partial charge in [0.1, 0.15) is 28.2 Å². The van der Waals surface area contributed by atoms with E-state index in [1.807, 2.05) is 0 Å². The lowest BCUT2D eigenvalue weighted by Crippen LogP contribution is -2.23. The van der Waals surface area contributed by atoms with E-state index >= 15 is 0 Å². The van der Waals surface area contributed by atoms with Crippen molar-refractivity contribution in [3.63, 3.8) is 0 Å². The van der Waals surface area contributed by atoms with Gasteiger partial charge in [0.25, 0.3) is 5.56 Å². The van der Waals surface area contributed by atoms with Crippen LogP contribution in [0.25, 0.3) is 11.1 Å². The van der Waals surface area contributed by atoms with E-state index in [1.54, 1.807) is 19.2 Å². The minimum atomic E-state index is -1.52. The van der Waals surface area contributed by atoms with Gasteiger partial charge in [0.15, 0.2) is 11.6 Å². The van der Waals surface area contributed by atoms with Gasteiger partial charge >= 0.3 is 0 Å². The summed E-state index contributed by atoms with van der Waals surface area (Å²) < 4.78 is 48.2. The zero-order valence-corrected chi connectivity index (χ0v) is 18.9. The van der Waals surface area contributed by atoms with Crippen molar-refractivity contribution in [3.8, 4) is 22.6 Å². The van der Waals surface area contributed by atoms with Crippen molar-refractivity contribution in [1.82, 2.24) is 4.57 Å². The maximum atomic E-state index is 14.2. The summed E-state index contributed by atoms with van der Waals surface area (Å²) in [6.45, 7) is 4.80. The minimum absolute atomic E-state index is 0.0369. The Morgan fingerprint density at radius 2 is 1.88 bits per heavy atom. The summed E-state index contributed by atoms with van der Waals surface area (Å²) in [5, 5.41) is 3.75. The van der Waals surface area contributed by atoms with E-state index in [4.69, 9.17) is 4.74 Å². The molecule has 0 radical (unpaired) electrons. The third kappa shape index (κ3) is 5.35. The summed E-state index contributed by atoms with van der Waals surface area (Å²) in [7, 11) is 1.60. The van der Waals surface area contributed by atoms with E-state index in [1.165, 1.54) is 46.6 Å². The van der Waals surface area contributed by atoms with E-state index in [9.17, 15) is 22.6 Å². The highest BCUT2D eigenvalue weighted by Crippen LogP contribution is 2.37. The highest BCUT2D eigenvalue weighted by atomic mass is 32.2. The Morgan fingerprint density at radius 3 is 2.52 bits per heavy atom. The molecule has 1 amide bonds. The molecule has 172 valence electrons. The van der Waals surface area contributed by atoms with Gasteiger partial charge in [-0.2, -0.15) is 0 Å². The maximum absolute atomic E-state index is 14.2. The molecule has 3 aromatic rings. The Kier molecular flexibility index (Phi) is 7.07. The van der Waals surface area contributed by atoms with Gasteiger partial charge in [-0.15, -0.1) is 0 Å². The topological polar surface area (TPSA) is 80.6 Å². The summed E-state index contributed by atoms with van der Waals surface area (Å²) in [4.78, 5) is 24.0. The molecule has 0 aliphatic rings. The second-order valence-electron chi connectivity index (χ2n) is 7.04. The van der Waals surface area contributed by atoms with Gasteiger partial charge in [0, 0.05) is 49.8 Å². The number of nitrogens with zero attached hydrogens (tertiary/aromatic N) is 2. The first kappa shape index (κ1) is 23.9. The van der Waals surface area contributed by atoms with Crippen LogP contribution in [0.2, 0.25) is 0 Å². The lowest BCUT2D eigenvalue weighted by Gasteiger charge is -2.20. The number of aryl methyl sites for hydroxylation is 1. The molecule has 0 saturated heterocycles. The highest BCUT2D eigenvalue weighted by molar-refractivity contribution is 7.89. The number of hydrogen-bond acceptors (Lipinski definition) is 4. The van der Waals surface area contributed by atoms with Gasteiger partial charge in [0.2, 0.25) is 5.91 Å². The second kappa shape index (κ2) is 9.78. The molecule has 10 heteroatoms. The van der Waals surface area contributed by atoms with E-state index < -0.39 is 34.1 Å². The molecule has 0 saturated carbocycles. The Bertz CT molecular complexity index is 1320. The first-order valence-electron chi connectivity index (χ1n) is 9.63. The molecule has 2 aromatic carbocycles. The number of ether oxygens (including phenoxy) is 1. The monoisotopic (exact) mass is 473 g/mol. The third-order valence-corrected chi connectivity index (χ3v) is 5.69. The van der Waals surface area contributed by atoms with E-state index in [2.05, 4.69) is 11.9 Å². The molecule has 1 atom stereocenters. The molecule has 0 spiro atoms. The van der Waals surface area contributed by atoms with Crippen LogP contribution in [-0.4, -0.2) is 21.7 Å². The number of halogens is 2. The summed E-state index contributed by atoms with van der Waals surface area (Å²) in [6.07, 6.45) is 1.52. The molecular formula is C23H21F2N3O4S. The summed E-state index contributed by atoms with van der Waals surface area (Å²) in [5.41, 5.74) is 0.992. The van der Waals surface area contributed by atoms with Crippen LogP contribution in [0.3, 0.4) is 0 Å². The van der Waals surface area contributed by atoms with Gasteiger partial charge in [-0.25, -0.2) is 13.0 Å². The molecule has 0 fully saturated rings. The number of carbonyl (C=O) groups is 1. The van der Waals surface area contributed by atoms with Gasteiger partial charge < -0.3 is 14.6 Å². The molecule has 1 heterocycles. The first-order valence-corrected chi connectivity index (χ1v) is 10.8. The zero-order chi connectivity index (χ0) is 24.3. The molecule has 1 N–H and O–H groups in total. The SMILES string of the molecule is C=CS(=O)N(C)c1ccc(Oc2ccc(F)cc2F)c(-c2cc(NC(C)=O)c(=O)n(C)c2)c1. The molecule has 1 aromatic heterocycles. The minimum Gasteiger partial charge on any atom is -0.454 e. The standard InChI is InChI=1S/C23H21F2N3O4S/c1-5-33(31)28(4)17-7-9-21(32-22-8-6-16(24)11-19(22)25)18(12-17)15-10-20(26-14(2)29)23(30)27(3)13-15/h5-13H,1H2,2-4H3,(H,26,29). The first-order chi connectivity index (χ1) is 15.6. The molecular weight excluding hydrogens is 452 g/mol. The van der Waals surface area contributed by atoms with Crippen molar-refractivity contribution in [2.24, 2.45) is 7.05 Å². The van der Waals surface area contributed by atoms with Gasteiger partial charge in [-0.1, -0.05) is 6.58 Å². The quantitative estimate of drug-likeness (QED) is 0.554. The number of carbonyl (C=O) groups excluding carboxylic acids is 1. The van der Waals surface area contributed by atoms with Crippen LogP contribution in [0.4, 0.5) is 20.2 Å². The van der Waals surface area contributed by atoms with Crippen molar-refractivity contribution in [2.45, 2.75) is 6.92 Å². The lowest BCUT2D eigenvalue weighted by molar-refractivity contribution is -0.114. The van der Waals surface area contributed by atoms with Crippen LogP contribution in [-0.2, 0) is 22.8 Å². The van der Waals surface area contributed by atoms with E-state index in [0.717, 1.165) is 12.1 Å². The Labute approximate surface area is 191 Å². The molecule has 0 bridgehead atoms. The zero-order valence-electron chi connectivity index (χ0n) is 18.1. The number of rotatable bonds is 7. The van der Waals surface area contributed by atoms with Gasteiger partial charge in [-0.3, -0.25) is 13.9 Å². The Balaban J connectivity index is 2.20. The number of anilines is 2. The van der Waals surface area contributed by atoms with Crippen LogP contribution in [0.15, 0.2) is 65.4 Å². The number of pyridine rings is 1. The highest BCUT2D eigenvalue weighted by Gasteiger charge is 2.17. The summed E-state index contributed by atoms with van der Waals surface area (Å²) >= 11 is 0. The molecule has 0 aliphatic heterocycles. The van der Waals surface area contributed by atoms with Crippen LogP contribution < -0.4 is 19.9 Å². The van der Waals surface area contributed by atoms with Gasteiger partial charge in [-0.05, 0) is 36.4 Å². The number of amides is 1. The second-order valence-corrected chi connectivity index (χ2v) is 8.47. The fourth-order valence-corrected chi connectivity index (χ4v) is 3.60. The van der Waals surface area contributed by atoms with Crippen LogP contribution >= 0.6 is 0 Å². The van der Waals surface area contributed by atoms with Crippen LogP contribution in [0.5, 0.6) is 11.5 Å². The van der Waals surface area contributed by atoms with Crippen molar-refractivity contribution < 1.29 is 22.5 Å². The largest absolute Gasteiger partial charge is 0.454 e. The van der Waals surface area contributed by atoms with E-state index in [0.29, 0.717) is 22.9 Å². The fraction of sp³-hybridized carbons (Fsp3) is 0.130. The molecule has 0 aliphatic carbocycles. The lowest BCUT2D eigenvalue weighted by atomic mass is 10.0. The van der Waals surface area contributed by atoms with Crippen LogP contribution in [0, 0.1) is 11.6 Å². The molecule has 3 rings (SSSR count). The maximum Gasteiger partial charge on any atom is 0.274 e. The number of aromatic nitrogens is 1. The predicted molar refractivity (Wildman–Crippen MR) is 125 cm³/mol. The summed E-state index contributed by atoms with van der Waals surface area (Å²) in [6, 6.07) is 9.16. The predicted octanol–water partition coefficient (Wildman–Crippen LogP) is 4.32. The number of benzene rings is 2. The van der Waals surface area contributed by atoms with E-state index in [-0.39, 0.29) is 17.2 Å².